The van der Waals surface area contributed by atoms with Crippen LogP contribution in [0.3, 0.4) is 0 Å². The fraction of sp³-hybridized carbons (Fsp3) is 0.857. The lowest BCUT2D eigenvalue weighted by Crippen LogP contribution is -2.04. The highest BCUT2D eigenvalue weighted by Crippen LogP contribution is 1.80. The van der Waals surface area contributed by atoms with Gasteiger partial charge in [0.05, 0.1) is 13.2 Å². The van der Waals surface area contributed by atoms with Crippen LogP contribution in [-0.2, 0) is 9.47 Å². The second kappa shape index (κ2) is 7.92. The molecule has 9 heavy (non-hydrogen) atoms. The molecule has 0 rings (SSSR count). The van der Waals surface area contributed by atoms with E-state index < -0.39 is 0 Å². The van der Waals surface area contributed by atoms with Crippen LogP contribution in [0.5, 0.6) is 0 Å². The minimum atomic E-state index is 0.698. The summed E-state index contributed by atoms with van der Waals surface area (Å²) in [6, 6.07) is 0. The molecular formula is C7H15O2. The number of hydrogen-bond donors (Lipinski definition) is 0. The summed E-state index contributed by atoms with van der Waals surface area (Å²) in [5, 5.41) is 0. The van der Waals surface area contributed by atoms with Gasteiger partial charge in [-0.2, -0.15) is 0 Å². The molecule has 2 nitrogen and oxygen atoms in total. The van der Waals surface area contributed by atoms with Crippen molar-refractivity contribution in [3.63, 3.8) is 0 Å². The van der Waals surface area contributed by atoms with E-state index in [1.165, 1.54) is 0 Å². The Labute approximate surface area is 57.2 Å². The van der Waals surface area contributed by atoms with Crippen LogP contribution in [0.15, 0.2) is 0 Å². The van der Waals surface area contributed by atoms with Gasteiger partial charge in [0.25, 0.3) is 0 Å². The highest BCUT2D eigenvalue weighted by molar-refractivity contribution is 4.35. The van der Waals surface area contributed by atoms with Crippen molar-refractivity contribution in [1.82, 2.24) is 0 Å². The van der Waals surface area contributed by atoms with Gasteiger partial charge in [-0.25, -0.2) is 0 Å². The summed E-state index contributed by atoms with van der Waals surface area (Å²) in [5.74, 6) is 0. The standard InChI is InChI=1S/C7H15O2/c1-3-5-9-7-6-8-4-2/h1,3-7H2,2H3. The molecule has 0 aromatic carbocycles. The second-order valence-electron chi connectivity index (χ2n) is 1.66. The van der Waals surface area contributed by atoms with Gasteiger partial charge in [-0.3, -0.25) is 0 Å². The molecule has 0 aromatic heterocycles. The van der Waals surface area contributed by atoms with E-state index in [1.54, 1.807) is 0 Å². The van der Waals surface area contributed by atoms with Gasteiger partial charge < -0.3 is 9.47 Å². The Morgan fingerprint density at radius 3 is 2.33 bits per heavy atom. The molecule has 0 aliphatic carbocycles. The van der Waals surface area contributed by atoms with Gasteiger partial charge in [-0.1, -0.05) is 6.92 Å². The van der Waals surface area contributed by atoms with E-state index in [1.807, 2.05) is 6.92 Å². The van der Waals surface area contributed by atoms with Crippen LogP contribution in [0.25, 0.3) is 0 Å². The summed E-state index contributed by atoms with van der Waals surface area (Å²) in [7, 11) is 0. The van der Waals surface area contributed by atoms with Crippen molar-refractivity contribution < 1.29 is 9.47 Å². The molecule has 0 N–H and O–H groups in total. The van der Waals surface area contributed by atoms with E-state index in [9.17, 15) is 0 Å². The van der Waals surface area contributed by atoms with E-state index in [-0.39, 0.29) is 0 Å². The number of rotatable bonds is 6. The average molecular weight is 131 g/mol. The monoisotopic (exact) mass is 131 g/mol. The third-order valence-electron chi connectivity index (χ3n) is 0.865. The van der Waals surface area contributed by atoms with E-state index in [2.05, 4.69) is 6.92 Å². The first-order valence-electron chi connectivity index (χ1n) is 3.36. The highest BCUT2D eigenvalue weighted by atomic mass is 16.5. The summed E-state index contributed by atoms with van der Waals surface area (Å²) < 4.78 is 10.1. The fourth-order valence-electron chi connectivity index (χ4n) is 0.466. The maximum absolute atomic E-state index is 5.10. The van der Waals surface area contributed by atoms with Gasteiger partial charge in [0.2, 0.25) is 0 Å². The SMILES string of the molecule is [CH2]CCOCCOCC. The molecule has 0 spiro atoms. The Morgan fingerprint density at radius 1 is 1.11 bits per heavy atom. The van der Waals surface area contributed by atoms with Crippen LogP contribution < -0.4 is 0 Å². The van der Waals surface area contributed by atoms with E-state index >= 15 is 0 Å². The van der Waals surface area contributed by atoms with Crippen molar-refractivity contribution in [2.75, 3.05) is 26.4 Å². The molecular weight excluding hydrogens is 116 g/mol. The molecule has 1 radical (unpaired) electrons. The molecule has 55 valence electrons. The van der Waals surface area contributed by atoms with Gasteiger partial charge in [0.1, 0.15) is 0 Å². The van der Waals surface area contributed by atoms with Crippen molar-refractivity contribution in [3.8, 4) is 0 Å². The largest absolute Gasteiger partial charge is 0.379 e. The Morgan fingerprint density at radius 2 is 1.78 bits per heavy atom. The Kier molecular flexibility index (Phi) is 7.85. The summed E-state index contributed by atoms with van der Waals surface area (Å²) >= 11 is 0. The average Bonchev–Trinajstić information content (AvgIpc) is 1.89. The Bertz CT molecular complexity index is 40.2. The van der Waals surface area contributed by atoms with Crippen LogP contribution in [0.1, 0.15) is 13.3 Å². The van der Waals surface area contributed by atoms with Crippen molar-refractivity contribution in [2.45, 2.75) is 13.3 Å². The first-order valence-corrected chi connectivity index (χ1v) is 3.36. The molecule has 0 unspecified atom stereocenters. The molecule has 2 heteroatoms. The minimum Gasteiger partial charge on any atom is -0.379 e. The lowest BCUT2D eigenvalue weighted by Gasteiger charge is -2.00. The Hall–Kier alpha value is -0.0800. The minimum absolute atomic E-state index is 0.698. The van der Waals surface area contributed by atoms with Gasteiger partial charge in [0, 0.05) is 13.2 Å². The van der Waals surface area contributed by atoms with Crippen LogP contribution in [-0.4, -0.2) is 26.4 Å². The van der Waals surface area contributed by atoms with Gasteiger partial charge in [0.15, 0.2) is 0 Å². The third kappa shape index (κ3) is 7.92. The summed E-state index contributed by atoms with van der Waals surface area (Å²) in [6.07, 6.45) is 0.839. The van der Waals surface area contributed by atoms with Crippen molar-refractivity contribution in [1.29, 1.82) is 0 Å². The molecule has 0 heterocycles. The lowest BCUT2D eigenvalue weighted by atomic mass is 10.5. The predicted octanol–water partition coefficient (Wildman–Crippen LogP) is 1.26. The molecule has 0 fully saturated rings. The zero-order valence-corrected chi connectivity index (χ0v) is 6.06. The van der Waals surface area contributed by atoms with Crippen LogP contribution >= 0.6 is 0 Å². The normalized spacial score (nSPS) is 10.0. The maximum Gasteiger partial charge on any atom is 0.0700 e. The molecule has 0 aromatic rings. The van der Waals surface area contributed by atoms with Gasteiger partial charge >= 0.3 is 0 Å². The molecule has 0 saturated heterocycles. The third-order valence-corrected chi connectivity index (χ3v) is 0.865. The first-order chi connectivity index (χ1) is 4.41. The first kappa shape index (κ1) is 8.92. The van der Waals surface area contributed by atoms with Crippen molar-refractivity contribution in [2.24, 2.45) is 0 Å². The molecule has 0 saturated carbocycles. The van der Waals surface area contributed by atoms with Gasteiger partial charge in [-0.05, 0) is 13.3 Å². The second-order valence-corrected chi connectivity index (χ2v) is 1.66. The molecule has 0 bridgehead atoms. The zero-order valence-electron chi connectivity index (χ0n) is 6.06. The van der Waals surface area contributed by atoms with Crippen molar-refractivity contribution >= 4 is 0 Å². The van der Waals surface area contributed by atoms with E-state index in [0.717, 1.165) is 19.6 Å². The predicted molar refractivity (Wildman–Crippen MR) is 37.3 cm³/mol. The summed E-state index contributed by atoms with van der Waals surface area (Å²) in [4.78, 5) is 0. The van der Waals surface area contributed by atoms with E-state index in [0.29, 0.717) is 13.2 Å². The topological polar surface area (TPSA) is 18.5 Å². The Balaban J connectivity index is 2.60. The van der Waals surface area contributed by atoms with Crippen molar-refractivity contribution in [3.05, 3.63) is 6.92 Å². The summed E-state index contributed by atoms with van der Waals surface area (Å²) in [6.45, 7) is 8.53. The fourth-order valence-corrected chi connectivity index (χ4v) is 0.466. The quantitative estimate of drug-likeness (QED) is 0.505. The smallest absolute Gasteiger partial charge is 0.0700 e. The number of hydrogen-bond acceptors (Lipinski definition) is 2. The van der Waals surface area contributed by atoms with Crippen LogP contribution in [0.4, 0.5) is 0 Å². The molecule has 0 aliphatic heterocycles. The summed E-state index contributed by atoms with van der Waals surface area (Å²) in [5.41, 5.74) is 0. The molecule has 0 amide bonds. The van der Waals surface area contributed by atoms with Crippen LogP contribution in [0.2, 0.25) is 0 Å². The number of ether oxygens (including phenoxy) is 2. The molecule has 0 aliphatic rings. The molecule has 0 atom stereocenters. The zero-order chi connectivity index (χ0) is 6.95. The maximum atomic E-state index is 5.10. The van der Waals surface area contributed by atoms with Gasteiger partial charge in [-0.15, -0.1) is 0 Å². The lowest BCUT2D eigenvalue weighted by molar-refractivity contribution is 0.0546. The van der Waals surface area contributed by atoms with Crippen LogP contribution in [0, 0.1) is 6.92 Å². The highest BCUT2D eigenvalue weighted by Gasteiger charge is 1.83. The van der Waals surface area contributed by atoms with E-state index in [4.69, 9.17) is 9.47 Å².